The van der Waals surface area contributed by atoms with Crippen molar-refractivity contribution in [3.05, 3.63) is 47.4 Å². The van der Waals surface area contributed by atoms with Gasteiger partial charge in [0.25, 0.3) is 0 Å². The van der Waals surface area contributed by atoms with Crippen LogP contribution in [0.1, 0.15) is 55.9 Å². The number of aliphatic carboxylic acids is 1. The zero-order chi connectivity index (χ0) is 20.8. The Morgan fingerprint density at radius 3 is 2.86 bits per heavy atom. The number of halogens is 1. The minimum Gasteiger partial charge on any atom is -0.481 e. The number of hydrogen-bond acceptors (Lipinski definition) is 4. The average Bonchev–Trinajstić information content (AvgIpc) is 3.23. The summed E-state index contributed by atoms with van der Waals surface area (Å²) in [5.41, 5.74) is 0. The van der Waals surface area contributed by atoms with Crippen LogP contribution >= 0.6 is 11.3 Å². The maximum absolute atomic E-state index is 14.4. The van der Waals surface area contributed by atoms with Crippen molar-refractivity contribution < 1.29 is 24.2 Å². The van der Waals surface area contributed by atoms with Crippen molar-refractivity contribution in [2.24, 2.45) is 11.8 Å². The first kappa shape index (κ1) is 21.7. The van der Waals surface area contributed by atoms with E-state index in [4.69, 9.17) is 5.11 Å². The Kier molecular flexibility index (Phi) is 7.56. The molecule has 0 unspecified atom stereocenters. The Morgan fingerprint density at radius 2 is 2.10 bits per heavy atom. The molecule has 1 aromatic heterocycles. The Bertz CT molecular complexity index is 842. The molecule has 1 saturated carbocycles. The monoisotopic (exact) mass is 418 g/mol. The van der Waals surface area contributed by atoms with Crippen LogP contribution in [0.3, 0.4) is 0 Å². The molecule has 29 heavy (non-hydrogen) atoms. The molecule has 0 saturated heterocycles. The summed E-state index contributed by atoms with van der Waals surface area (Å²) in [4.78, 5) is 23.7. The van der Waals surface area contributed by atoms with Crippen LogP contribution in [-0.2, 0) is 9.59 Å². The van der Waals surface area contributed by atoms with E-state index in [2.05, 4.69) is 0 Å². The van der Waals surface area contributed by atoms with Crippen molar-refractivity contribution >= 4 is 33.2 Å². The molecule has 6 heteroatoms. The number of benzene rings is 1. The highest BCUT2D eigenvalue weighted by Crippen LogP contribution is 2.39. The molecule has 0 amide bonds. The van der Waals surface area contributed by atoms with Gasteiger partial charge in [-0.2, -0.15) is 0 Å². The lowest BCUT2D eigenvalue weighted by Gasteiger charge is -2.19. The molecule has 4 nitrogen and oxygen atoms in total. The van der Waals surface area contributed by atoms with E-state index in [0.29, 0.717) is 32.1 Å². The lowest BCUT2D eigenvalue weighted by molar-refractivity contribution is -0.137. The zero-order valence-electron chi connectivity index (χ0n) is 16.3. The quantitative estimate of drug-likeness (QED) is 0.397. The average molecular weight is 419 g/mol. The summed E-state index contributed by atoms with van der Waals surface area (Å²) in [7, 11) is 0. The molecular formula is C23H27FO4S. The van der Waals surface area contributed by atoms with E-state index in [1.54, 1.807) is 11.3 Å². The van der Waals surface area contributed by atoms with Gasteiger partial charge in [0.15, 0.2) is 0 Å². The third-order valence-corrected chi connectivity index (χ3v) is 6.87. The maximum atomic E-state index is 14.4. The number of fused-ring (bicyclic) bond motifs is 1. The van der Waals surface area contributed by atoms with Crippen LogP contribution in [-0.4, -0.2) is 28.1 Å². The van der Waals surface area contributed by atoms with E-state index in [-0.39, 0.29) is 30.5 Å². The van der Waals surface area contributed by atoms with E-state index in [1.807, 2.05) is 42.5 Å². The normalized spacial score (nSPS) is 23.2. The molecule has 3 rings (SSSR count). The number of ketones is 1. The smallest absolute Gasteiger partial charge is 0.303 e. The van der Waals surface area contributed by atoms with Crippen molar-refractivity contribution in [2.75, 3.05) is 0 Å². The Hall–Kier alpha value is -2.05. The second kappa shape index (κ2) is 10.1. The predicted octanol–water partition coefficient (Wildman–Crippen LogP) is 5.46. The fourth-order valence-corrected chi connectivity index (χ4v) is 5.15. The Labute approximate surface area is 174 Å². The number of unbranched alkanes of at least 4 members (excludes halogenated alkanes) is 1. The number of aliphatic hydroxyl groups excluding tert-OH is 1. The summed E-state index contributed by atoms with van der Waals surface area (Å²) in [5.74, 6) is -1.59. The van der Waals surface area contributed by atoms with E-state index >= 15 is 0 Å². The summed E-state index contributed by atoms with van der Waals surface area (Å²) in [6.45, 7) is 0. The second-order valence-corrected chi connectivity index (χ2v) is 8.84. The fraction of sp³-hybridized carbons (Fsp3) is 0.478. The summed E-state index contributed by atoms with van der Waals surface area (Å²) < 4.78 is 15.5. The van der Waals surface area contributed by atoms with Crippen molar-refractivity contribution in [2.45, 2.75) is 57.2 Å². The second-order valence-electron chi connectivity index (χ2n) is 7.73. The SMILES string of the molecule is O=C(O)CCCC=CC[C@H]1[C@H](F)CC(=O)[C@@H]1CC[C@@H](O)c1cc2ccccc2s1. The third-order valence-electron chi connectivity index (χ3n) is 5.65. The summed E-state index contributed by atoms with van der Waals surface area (Å²) in [6, 6.07) is 9.94. The van der Waals surface area contributed by atoms with Gasteiger partial charge in [0.1, 0.15) is 12.0 Å². The molecule has 4 atom stereocenters. The topological polar surface area (TPSA) is 74.6 Å². The molecule has 0 aliphatic heterocycles. The van der Waals surface area contributed by atoms with Gasteiger partial charge in [0.2, 0.25) is 0 Å². The van der Waals surface area contributed by atoms with Crippen molar-refractivity contribution in [3.8, 4) is 0 Å². The lowest BCUT2D eigenvalue weighted by atomic mass is 9.87. The number of hydrogen-bond donors (Lipinski definition) is 2. The third kappa shape index (κ3) is 5.73. The fourth-order valence-electron chi connectivity index (χ4n) is 4.06. The van der Waals surface area contributed by atoms with Crippen LogP contribution in [0.5, 0.6) is 0 Å². The van der Waals surface area contributed by atoms with Gasteiger partial charge in [-0.1, -0.05) is 30.4 Å². The van der Waals surface area contributed by atoms with E-state index < -0.39 is 18.2 Å². The van der Waals surface area contributed by atoms with E-state index in [9.17, 15) is 19.1 Å². The molecule has 1 aliphatic carbocycles. The number of carboxylic acids is 1. The number of carboxylic acid groups (broad SMARTS) is 1. The molecule has 156 valence electrons. The molecule has 2 N–H and O–H groups in total. The van der Waals surface area contributed by atoms with Gasteiger partial charge in [-0.05, 0) is 49.6 Å². The largest absolute Gasteiger partial charge is 0.481 e. The molecule has 1 fully saturated rings. The van der Waals surface area contributed by atoms with E-state index in [1.165, 1.54) is 0 Å². The highest BCUT2D eigenvalue weighted by molar-refractivity contribution is 7.19. The minimum absolute atomic E-state index is 0.0405. The number of aliphatic hydroxyl groups is 1. The first-order valence-corrected chi connectivity index (χ1v) is 11.0. The number of alkyl halides is 1. The van der Waals surface area contributed by atoms with E-state index in [0.717, 1.165) is 15.0 Å². The number of Topliss-reactive ketones (excluding diaryl/α,β-unsaturated/α-hetero) is 1. The minimum atomic E-state index is -1.14. The molecule has 1 heterocycles. The van der Waals surface area contributed by atoms with Crippen LogP contribution in [0.25, 0.3) is 10.1 Å². The summed E-state index contributed by atoms with van der Waals surface area (Å²) in [5, 5.41) is 20.3. The first-order chi connectivity index (χ1) is 14.0. The van der Waals surface area contributed by atoms with Crippen LogP contribution in [0, 0.1) is 11.8 Å². The molecule has 1 aromatic carbocycles. The van der Waals surface area contributed by atoms with Gasteiger partial charge in [0, 0.05) is 34.3 Å². The van der Waals surface area contributed by atoms with Crippen molar-refractivity contribution in [1.29, 1.82) is 0 Å². The molecule has 0 spiro atoms. The molecule has 0 radical (unpaired) electrons. The van der Waals surface area contributed by atoms with Crippen LogP contribution in [0.2, 0.25) is 0 Å². The van der Waals surface area contributed by atoms with Crippen LogP contribution in [0.4, 0.5) is 4.39 Å². The predicted molar refractivity (Wildman–Crippen MR) is 113 cm³/mol. The first-order valence-electron chi connectivity index (χ1n) is 10.2. The number of carbonyl (C=O) groups is 2. The zero-order valence-corrected chi connectivity index (χ0v) is 17.1. The van der Waals surface area contributed by atoms with Gasteiger partial charge >= 0.3 is 5.97 Å². The molecule has 0 bridgehead atoms. The van der Waals surface area contributed by atoms with Gasteiger partial charge in [-0.15, -0.1) is 11.3 Å². The van der Waals surface area contributed by atoms with Gasteiger partial charge in [0.05, 0.1) is 6.10 Å². The highest BCUT2D eigenvalue weighted by atomic mass is 32.1. The standard InChI is InChI=1S/C23H27FO4S/c24-18-14-20(26)17(16(18)8-3-1-2-4-10-23(27)28)11-12-19(25)22-13-15-7-5-6-9-21(15)29-22/h1,3,5-7,9,13,16-19,25H,2,4,8,10-12,14H2,(H,27,28)/t16-,17-,18-,19-/m1/s1. The van der Waals surface area contributed by atoms with Crippen LogP contribution in [0.15, 0.2) is 42.5 Å². The highest BCUT2D eigenvalue weighted by Gasteiger charge is 2.41. The number of rotatable bonds is 10. The summed E-state index contributed by atoms with van der Waals surface area (Å²) in [6.07, 6.45) is 4.62. The lowest BCUT2D eigenvalue weighted by Crippen LogP contribution is -2.18. The molecular weight excluding hydrogens is 391 g/mol. The van der Waals surface area contributed by atoms with Crippen molar-refractivity contribution in [3.63, 3.8) is 0 Å². The van der Waals surface area contributed by atoms with Crippen molar-refractivity contribution in [1.82, 2.24) is 0 Å². The number of carbonyl (C=O) groups excluding carboxylic acids is 1. The van der Waals surface area contributed by atoms with Gasteiger partial charge < -0.3 is 10.2 Å². The van der Waals surface area contributed by atoms with Gasteiger partial charge in [-0.3, -0.25) is 9.59 Å². The molecule has 1 aliphatic rings. The summed E-state index contributed by atoms with van der Waals surface area (Å²) >= 11 is 1.55. The number of allylic oxidation sites excluding steroid dienone is 2. The molecule has 2 aromatic rings. The Balaban J connectivity index is 1.53. The number of thiophene rings is 1. The Morgan fingerprint density at radius 1 is 1.31 bits per heavy atom. The maximum Gasteiger partial charge on any atom is 0.303 e. The van der Waals surface area contributed by atoms with Crippen LogP contribution < -0.4 is 0 Å². The van der Waals surface area contributed by atoms with Gasteiger partial charge in [-0.25, -0.2) is 4.39 Å².